The number of sulfone groups is 1. The van der Waals surface area contributed by atoms with Gasteiger partial charge in [-0.15, -0.1) is 0 Å². The maximum atomic E-state index is 12.4. The molecular formula is C23H36F3NO2S. The summed E-state index contributed by atoms with van der Waals surface area (Å²) in [7, 11) is -3.18. The van der Waals surface area contributed by atoms with Gasteiger partial charge in [0.15, 0.2) is 9.84 Å². The van der Waals surface area contributed by atoms with E-state index in [1.807, 2.05) is 26.8 Å². The predicted octanol–water partition coefficient (Wildman–Crippen LogP) is 7.45. The van der Waals surface area contributed by atoms with Gasteiger partial charge in [-0.25, -0.2) is 8.42 Å². The summed E-state index contributed by atoms with van der Waals surface area (Å²) in [5, 5.41) is 0. The molecule has 7 heteroatoms. The predicted molar refractivity (Wildman–Crippen MR) is 118 cm³/mol. The van der Waals surface area contributed by atoms with E-state index in [2.05, 4.69) is 25.8 Å². The van der Waals surface area contributed by atoms with E-state index in [1.165, 1.54) is 0 Å². The summed E-state index contributed by atoms with van der Waals surface area (Å²) in [4.78, 5) is 5.05. The van der Waals surface area contributed by atoms with Gasteiger partial charge >= 0.3 is 6.18 Å². The van der Waals surface area contributed by atoms with Gasteiger partial charge in [-0.05, 0) is 62.1 Å². The molecule has 0 N–H and O–H groups in total. The molecule has 1 aromatic carbocycles. The van der Waals surface area contributed by atoms with Crippen LogP contribution in [0, 0.1) is 18.3 Å². The fraction of sp³-hybridized carbons (Fsp3) is 0.696. The van der Waals surface area contributed by atoms with Gasteiger partial charge in [0, 0.05) is 12.1 Å². The van der Waals surface area contributed by atoms with Gasteiger partial charge in [0.2, 0.25) is 0 Å². The van der Waals surface area contributed by atoms with Crippen molar-refractivity contribution in [2.24, 2.45) is 16.3 Å². The highest BCUT2D eigenvalue weighted by Gasteiger charge is 2.29. The first kappa shape index (κ1) is 26.7. The maximum absolute atomic E-state index is 12.4. The highest BCUT2D eigenvalue weighted by Crippen LogP contribution is 2.33. The van der Waals surface area contributed by atoms with E-state index < -0.39 is 22.4 Å². The molecule has 0 aromatic heterocycles. The first-order chi connectivity index (χ1) is 13.7. The zero-order valence-corrected chi connectivity index (χ0v) is 19.9. The molecule has 1 aliphatic rings. The summed E-state index contributed by atoms with van der Waals surface area (Å²) < 4.78 is 58.9. The van der Waals surface area contributed by atoms with Crippen molar-refractivity contribution in [3.8, 4) is 0 Å². The highest BCUT2D eigenvalue weighted by atomic mass is 32.2. The van der Waals surface area contributed by atoms with Gasteiger partial charge in [-0.1, -0.05) is 46.6 Å². The molecule has 1 aromatic rings. The number of hydrogen-bond acceptors (Lipinski definition) is 3. The molecule has 0 bridgehead atoms. The van der Waals surface area contributed by atoms with Gasteiger partial charge in [0.05, 0.1) is 16.3 Å². The Bertz CT molecular complexity index is 818. The molecule has 0 spiro atoms. The molecule has 30 heavy (non-hydrogen) atoms. The Morgan fingerprint density at radius 2 is 1.73 bits per heavy atom. The largest absolute Gasteiger partial charge is 0.389 e. The van der Waals surface area contributed by atoms with Crippen LogP contribution in [0.25, 0.3) is 0 Å². The van der Waals surface area contributed by atoms with E-state index in [1.54, 1.807) is 12.1 Å². The average Bonchev–Trinajstić information content (AvgIpc) is 3.39. The molecule has 0 amide bonds. The van der Waals surface area contributed by atoms with Crippen LogP contribution in [-0.2, 0) is 9.84 Å². The summed E-state index contributed by atoms with van der Waals surface area (Å²) in [6.45, 7) is 12.2. The van der Waals surface area contributed by atoms with E-state index in [4.69, 9.17) is 0 Å². The van der Waals surface area contributed by atoms with E-state index >= 15 is 0 Å². The number of rotatable bonds is 7. The van der Waals surface area contributed by atoms with Crippen LogP contribution in [0.3, 0.4) is 0 Å². The number of unbranched alkanes of at least 4 members (excludes halogenated alkanes) is 2. The number of alkyl halides is 3. The van der Waals surface area contributed by atoms with Crippen LogP contribution in [0.4, 0.5) is 18.9 Å². The molecule has 0 unspecified atom stereocenters. The van der Waals surface area contributed by atoms with E-state index in [-0.39, 0.29) is 17.6 Å². The molecule has 1 saturated carbocycles. The van der Waals surface area contributed by atoms with Gasteiger partial charge in [0.1, 0.15) is 0 Å². The third-order valence-electron chi connectivity index (χ3n) is 5.13. The first-order valence-corrected chi connectivity index (χ1v) is 12.3. The molecule has 172 valence electrons. The third-order valence-corrected chi connectivity index (χ3v) is 7.01. The van der Waals surface area contributed by atoms with Crippen LogP contribution < -0.4 is 0 Å². The van der Waals surface area contributed by atoms with Crippen molar-refractivity contribution >= 4 is 21.2 Å². The number of aliphatic imine (C=N–C) groups is 1. The Labute approximate surface area is 180 Å². The van der Waals surface area contributed by atoms with Crippen molar-refractivity contribution in [1.82, 2.24) is 0 Å². The average molecular weight is 448 g/mol. The number of hydrogen-bond donors (Lipinski definition) is 0. The van der Waals surface area contributed by atoms with Gasteiger partial charge in [-0.3, -0.25) is 4.99 Å². The van der Waals surface area contributed by atoms with Crippen LogP contribution in [0.2, 0.25) is 0 Å². The second-order valence-corrected chi connectivity index (χ2v) is 11.2. The van der Waals surface area contributed by atoms with Crippen molar-refractivity contribution in [2.75, 3.05) is 5.75 Å². The summed E-state index contributed by atoms with van der Waals surface area (Å²) >= 11 is 0. The van der Waals surface area contributed by atoms with Crippen LogP contribution in [0.5, 0.6) is 0 Å². The summed E-state index contributed by atoms with van der Waals surface area (Å²) in [6, 6.07) is 5.29. The second kappa shape index (κ2) is 10.8. The Morgan fingerprint density at radius 1 is 1.13 bits per heavy atom. The first-order valence-electron chi connectivity index (χ1n) is 10.6. The van der Waals surface area contributed by atoms with Crippen molar-refractivity contribution in [2.45, 2.75) is 91.1 Å². The van der Waals surface area contributed by atoms with Crippen LogP contribution in [-0.4, -0.2) is 26.1 Å². The molecule has 0 radical (unpaired) electrons. The lowest BCUT2D eigenvalue weighted by atomic mass is 9.91. The monoisotopic (exact) mass is 447 g/mol. The SMILES string of the molecule is CC(=Nc1cc(S(=O)(=O)CC2CC2)ccc1C)C(C)(C)C.CCCCCC(F)(F)F. The maximum Gasteiger partial charge on any atom is 0.389 e. The molecule has 0 heterocycles. The molecule has 0 aliphatic heterocycles. The van der Waals surface area contributed by atoms with E-state index in [0.717, 1.165) is 36.2 Å². The topological polar surface area (TPSA) is 46.5 Å². The molecule has 2 rings (SSSR count). The molecular weight excluding hydrogens is 411 g/mol. The Morgan fingerprint density at radius 3 is 2.20 bits per heavy atom. The van der Waals surface area contributed by atoms with Crippen LogP contribution >= 0.6 is 0 Å². The van der Waals surface area contributed by atoms with Gasteiger partial charge in [-0.2, -0.15) is 13.2 Å². The molecule has 1 fully saturated rings. The standard InChI is InChI=1S/C17H25NO2S.C6H11F3/c1-12-6-9-15(21(19,20)11-14-7-8-14)10-16(12)18-13(2)17(3,4)5;1-2-3-4-5-6(7,8)9/h6,9-10,14H,7-8,11H2,1-5H3;2-5H2,1H3. The smallest absolute Gasteiger partial charge is 0.257 e. The van der Waals surface area contributed by atoms with Gasteiger partial charge in [0.25, 0.3) is 0 Å². The minimum absolute atomic E-state index is 0.0185. The Balaban J connectivity index is 0.000000424. The number of halogens is 3. The minimum Gasteiger partial charge on any atom is -0.257 e. The quantitative estimate of drug-likeness (QED) is 0.322. The normalized spacial score (nSPS) is 15.6. The Hall–Kier alpha value is -1.37. The summed E-state index contributed by atoms with van der Waals surface area (Å²) in [5.41, 5.74) is 2.75. The van der Waals surface area contributed by atoms with E-state index in [0.29, 0.717) is 17.2 Å². The molecule has 1 aliphatic carbocycles. The van der Waals surface area contributed by atoms with Crippen molar-refractivity contribution in [1.29, 1.82) is 0 Å². The fourth-order valence-corrected chi connectivity index (χ4v) is 4.23. The van der Waals surface area contributed by atoms with Crippen molar-refractivity contribution in [3.63, 3.8) is 0 Å². The highest BCUT2D eigenvalue weighted by molar-refractivity contribution is 7.91. The Kier molecular flexibility index (Phi) is 9.58. The van der Waals surface area contributed by atoms with E-state index in [9.17, 15) is 21.6 Å². The zero-order valence-electron chi connectivity index (χ0n) is 19.1. The third kappa shape index (κ3) is 10.1. The number of aryl methyl sites for hydroxylation is 1. The lowest BCUT2D eigenvalue weighted by Gasteiger charge is -2.18. The molecule has 0 atom stereocenters. The zero-order chi connectivity index (χ0) is 23.2. The second-order valence-electron chi connectivity index (χ2n) is 9.19. The lowest BCUT2D eigenvalue weighted by Crippen LogP contribution is -2.16. The minimum atomic E-state index is -3.95. The number of benzene rings is 1. The van der Waals surface area contributed by atoms with Crippen molar-refractivity contribution in [3.05, 3.63) is 23.8 Å². The van der Waals surface area contributed by atoms with Crippen LogP contribution in [0.1, 0.15) is 78.7 Å². The summed E-state index contributed by atoms with van der Waals surface area (Å²) in [6.07, 6.45) is -0.690. The lowest BCUT2D eigenvalue weighted by molar-refractivity contribution is -0.135. The fourth-order valence-electron chi connectivity index (χ4n) is 2.52. The summed E-state index contributed by atoms with van der Waals surface area (Å²) in [5.74, 6) is 0.636. The number of nitrogens with zero attached hydrogens (tertiary/aromatic N) is 1. The van der Waals surface area contributed by atoms with Crippen molar-refractivity contribution < 1.29 is 21.6 Å². The molecule has 0 saturated heterocycles. The van der Waals surface area contributed by atoms with Gasteiger partial charge < -0.3 is 0 Å². The van der Waals surface area contributed by atoms with Crippen LogP contribution in [0.15, 0.2) is 28.1 Å². The molecule has 3 nitrogen and oxygen atoms in total.